The number of hydrogen-bond acceptors (Lipinski definition) is 7. The molecule has 0 spiro atoms. The fraction of sp³-hybridized carbons (Fsp3) is 0.111. The van der Waals surface area contributed by atoms with Crippen molar-refractivity contribution in [3.63, 3.8) is 0 Å². The summed E-state index contributed by atoms with van der Waals surface area (Å²) in [5, 5.41) is 11.9. The molecule has 0 saturated carbocycles. The van der Waals surface area contributed by atoms with Crippen molar-refractivity contribution >= 4 is 34.8 Å². The molecule has 0 fully saturated rings. The Kier molecular flexibility index (Phi) is 5.21. The minimum atomic E-state index is -0.510. The molecule has 0 unspecified atom stereocenters. The molecule has 8 heteroatoms. The van der Waals surface area contributed by atoms with Crippen molar-refractivity contribution in [2.24, 2.45) is 5.73 Å². The Hall–Kier alpha value is -2.89. The smallest absolute Gasteiger partial charge is 0.230 e. The van der Waals surface area contributed by atoms with Gasteiger partial charge >= 0.3 is 0 Å². The molecule has 3 rings (SSSR count). The number of hydrogen-bond donors (Lipinski definition) is 2. The van der Waals surface area contributed by atoms with Crippen molar-refractivity contribution in [1.82, 2.24) is 9.97 Å². The van der Waals surface area contributed by atoms with E-state index in [-0.39, 0.29) is 5.82 Å². The van der Waals surface area contributed by atoms with Crippen molar-refractivity contribution in [3.8, 4) is 27.9 Å². The van der Waals surface area contributed by atoms with Crippen LogP contribution in [-0.2, 0) is 4.79 Å². The number of pyridine rings is 1. The Bertz CT molecular complexity index is 995. The number of anilines is 1. The SMILES string of the molecule is C[C@H](Sc1nc(N)c(-c2nc(-c3ccccc3)cs2)cc1C#N)C(N)=O. The third-order valence-corrected chi connectivity index (χ3v) is 5.63. The number of thiazole rings is 1. The minimum absolute atomic E-state index is 0.261. The first-order valence-electron chi connectivity index (χ1n) is 7.67. The summed E-state index contributed by atoms with van der Waals surface area (Å²) >= 11 is 2.55. The maximum atomic E-state index is 11.3. The minimum Gasteiger partial charge on any atom is -0.383 e. The van der Waals surface area contributed by atoms with Gasteiger partial charge in [0.2, 0.25) is 5.91 Å². The van der Waals surface area contributed by atoms with Gasteiger partial charge in [-0.3, -0.25) is 4.79 Å². The zero-order valence-corrected chi connectivity index (χ0v) is 15.5. The van der Waals surface area contributed by atoms with Crippen LogP contribution in [-0.4, -0.2) is 21.1 Å². The quantitative estimate of drug-likeness (QED) is 0.655. The van der Waals surface area contributed by atoms with Crippen molar-refractivity contribution in [1.29, 1.82) is 5.26 Å². The number of thioether (sulfide) groups is 1. The topological polar surface area (TPSA) is 119 Å². The van der Waals surface area contributed by atoms with E-state index in [9.17, 15) is 10.1 Å². The molecule has 1 aromatic carbocycles. The highest BCUT2D eigenvalue weighted by molar-refractivity contribution is 8.00. The maximum Gasteiger partial charge on any atom is 0.230 e. The summed E-state index contributed by atoms with van der Waals surface area (Å²) in [6.07, 6.45) is 0. The number of nitrogens with two attached hydrogens (primary N) is 2. The van der Waals surface area contributed by atoms with Crippen LogP contribution in [0.4, 0.5) is 5.82 Å². The number of carbonyl (C=O) groups excluding carboxylic acids is 1. The van der Waals surface area contributed by atoms with Gasteiger partial charge in [0.25, 0.3) is 0 Å². The Morgan fingerprint density at radius 2 is 2.04 bits per heavy atom. The van der Waals surface area contributed by atoms with E-state index in [1.165, 1.54) is 11.3 Å². The summed E-state index contributed by atoms with van der Waals surface area (Å²) < 4.78 is 0. The van der Waals surface area contributed by atoms with Crippen molar-refractivity contribution in [2.45, 2.75) is 17.2 Å². The molecule has 0 bridgehead atoms. The highest BCUT2D eigenvalue weighted by Gasteiger charge is 2.19. The highest BCUT2D eigenvalue weighted by Crippen LogP contribution is 2.35. The number of benzene rings is 1. The van der Waals surface area contributed by atoms with Crippen molar-refractivity contribution in [2.75, 3.05) is 5.73 Å². The summed E-state index contributed by atoms with van der Waals surface area (Å²) in [7, 11) is 0. The molecule has 4 N–H and O–H groups in total. The van der Waals surface area contributed by atoms with Crippen molar-refractivity contribution < 1.29 is 4.79 Å². The van der Waals surface area contributed by atoms with Crippen LogP contribution in [0, 0.1) is 11.3 Å². The molecule has 1 amide bonds. The second kappa shape index (κ2) is 7.56. The first-order chi connectivity index (χ1) is 12.5. The van der Waals surface area contributed by atoms with Gasteiger partial charge in [0.05, 0.1) is 22.1 Å². The maximum absolute atomic E-state index is 11.3. The largest absolute Gasteiger partial charge is 0.383 e. The summed E-state index contributed by atoms with van der Waals surface area (Å²) in [4.78, 5) is 20.2. The van der Waals surface area contributed by atoms with Crippen LogP contribution in [0.15, 0.2) is 46.8 Å². The van der Waals surface area contributed by atoms with Crippen LogP contribution < -0.4 is 11.5 Å². The summed E-state index contributed by atoms with van der Waals surface area (Å²) in [6, 6.07) is 13.6. The Morgan fingerprint density at radius 3 is 2.69 bits per heavy atom. The zero-order valence-electron chi connectivity index (χ0n) is 13.8. The monoisotopic (exact) mass is 381 g/mol. The molecular formula is C18H15N5OS2. The Morgan fingerprint density at radius 1 is 1.31 bits per heavy atom. The van der Waals surface area contributed by atoms with E-state index >= 15 is 0 Å². The van der Waals surface area contributed by atoms with Crippen LogP contribution in [0.2, 0.25) is 0 Å². The van der Waals surface area contributed by atoms with Gasteiger partial charge in [-0.15, -0.1) is 11.3 Å². The third-order valence-electron chi connectivity index (χ3n) is 3.63. The van der Waals surface area contributed by atoms with Crippen LogP contribution in [0.1, 0.15) is 12.5 Å². The van der Waals surface area contributed by atoms with Gasteiger partial charge < -0.3 is 11.5 Å². The second-order valence-electron chi connectivity index (χ2n) is 5.45. The first-order valence-corrected chi connectivity index (χ1v) is 9.43. The number of nitrogens with zero attached hydrogens (tertiary/aromatic N) is 3. The first kappa shape index (κ1) is 17.9. The molecule has 0 aliphatic heterocycles. The number of carbonyl (C=O) groups is 1. The molecule has 26 heavy (non-hydrogen) atoms. The molecule has 0 aliphatic rings. The van der Waals surface area contributed by atoms with E-state index in [2.05, 4.69) is 16.0 Å². The number of amides is 1. The van der Waals surface area contributed by atoms with E-state index in [0.29, 0.717) is 21.2 Å². The third kappa shape index (κ3) is 3.69. The molecule has 0 radical (unpaired) electrons. The van der Waals surface area contributed by atoms with Crippen molar-refractivity contribution in [3.05, 3.63) is 47.3 Å². The van der Waals surface area contributed by atoms with Gasteiger partial charge in [0.15, 0.2) is 0 Å². The molecule has 3 aromatic rings. The molecule has 1 atom stereocenters. The number of rotatable bonds is 5. The van der Waals surface area contributed by atoms with Gasteiger partial charge in [-0.1, -0.05) is 42.1 Å². The second-order valence-corrected chi connectivity index (χ2v) is 7.64. The lowest BCUT2D eigenvalue weighted by molar-refractivity contribution is -0.117. The van der Waals surface area contributed by atoms with E-state index in [4.69, 9.17) is 11.5 Å². The number of primary amides is 1. The van der Waals surface area contributed by atoms with E-state index in [1.807, 2.05) is 35.7 Å². The fourth-order valence-corrected chi connectivity index (χ4v) is 3.90. The average molecular weight is 381 g/mol. The summed E-state index contributed by atoms with van der Waals surface area (Å²) in [5.41, 5.74) is 14.2. The standard InChI is InChI=1S/C18H15N5OS2/c1-10(16(21)24)26-17-12(8-19)7-13(15(20)23-17)18-22-14(9-25-18)11-5-3-2-4-6-11/h2-7,9-10H,1H3,(H2,20,23)(H2,21,24)/t10-/m0/s1. The van der Waals surface area contributed by atoms with Gasteiger partial charge in [-0.2, -0.15) is 5.26 Å². The van der Waals surface area contributed by atoms with Gasteiger partial charge in [0, 0.05) is 10.9 Å². The predicted octanol–water partition coefficient (Wildman–Crippen LogP) is 3.29. The highest BCUT2D eigenvalue weighted by atomic mass is 32.2. The summed E-state index contributed by atoms with van der Waals surface area (Å²) in [6.45, 7) is 1.66. The lowest BCUT2D eigenvalue weighted by Crippen LogP contribution is -2.22. The lowest BCUT2D eigenvalue weighted by atomic mass is 10.2. The molecular weight excluding hydrogens is 366 g/mol. The molecule has 2 aromatic heterocycles. The van der Waals surface area contributed by atoms with Crippen LogP contribution >= 0.6 is 23.1 Å². The number of aromatic nitrogens is 2. The van der Waals surface area contributed by atoms with Gasteiger partial charge in [0.1, 0.15) is 21.9 Å². The molecule has 0 saturated heterocycles. The molecule has 2 heterocycles. The number of nitrogen functional groups attached to an aromatic ring is 1. The molecule has 6 nitrogen and oxygen atoms in total. The van der Waals surface area contributed by atoms with Crippen LogP contribution in [0.3, 0.4) is 0 Å². The van der Waals surface area contributed by atoms with Crippen LogP contribution in [0.25, 0.3) is 21.8 Å². The van der Waals surface area contributed by atoms with Gasteiger partial charge in [-0.05, 0) is 13.0 Å². The molecule has 130 valence electrons. The lowest BCUT2D eigenvalue weighted by Gasteiger charge is -2.10. The molecule has 0 aliphatic carbocycles. The average Bonchev–Trinajstić information content (AvgIpc) is 3.12. The normalized spacial score (nSPS) is 11.7. The van der Waals surface area contributed by atoms with E-state index in [1.54, 1.807) is 13.0 Å². The fourth-order valence-electron chi connectivity index (χ4n) is 2.22. The predicted molar refractivity (Wildman–Crippen MR) is 104 cm³/mol. The zero-order chi connectivity index (χ0) is 18.7. The van der Waals surface area contributed by atoms with Crippen LogP contribution in [0.5, 0.6) is 0 Å². The number of nitriles is 1. The van der Waals surface area contributed by atoms with Gasteiger partial charge in [-0.25, -0.2) is 9.97 Å². The Balaban J connectivity index is 1.98. The summed E-state index contributed by atoms with van der Waals surface area (Å²) in [5.74, 6) is -0.215. The Labute approximate surface area is 158 Å². The van der Waals surface area contributed by atoms with E-state index < -0.39 is 11.2 Å². The van der Waals surface area contributed by atoms with E-state index in [0.717, 1.165) is 23.0 Å².